The summed E-state index contributed by atoms with van der Waals surface area (Å²) < 4.78 is 4.91. The number of carboxylic acids is 1. The van der Waals surface area contributed by atoms with Crippen LogP contribution in [0.25, 0.3) is 0 Å². The molecule has 1 unspecified atom stereocenters. The summed E-state index contributed by atoms with van der Waals surface area (Å²) in [5.74, 6) is -1.55. The largest absolute Gasteiger partial charge is 0.480 e. The monoisotopic (exact) mass is 287 g/mol. The topological polar surface area (TPSA) is 122 Å². The Bertz CT molecular complexity index is 361. The van der Waals surface area contributed by atoms with Crippen molar-refractivity contribution in [1.82, 2.24) is 10.2 Å². The van der Waals surface area contributed by atoms with Crippen LogP contribution in [-0.2, 0) is 14.3 Å². The van der Waals surface area contributed by atoms with Gasteiger partial charge in [-0.2, -0.15) is 0 Å². The first-order valence-electron chi connectivity index (χ1n) is 6.65. The number of urea groups is 1. The van der Waals surface area contributed by atoms with Crippen molar-refractivity contribution in [2.45, 2.75) is 31.7 Å². The highest BCUT2D eigenvalue weighted by Gasteiger charge is 2.30. The van der Waals surface area contributed by atoms with Crippen LogP contribution >= 0.6 is 0 Å². The van der Waals surface area contributed by atoms with Crippen molar-refractivity contribution < 1.29 is 24.2 Å². The second-order valence-corrected chi connectivity index (χ2v) is 4.65. The fourth-order valence-corrected chi connectivity index (χ4v) is 2.11. The smallest absolute Gasteiger partial charge is 0.326 e. The zero-order chi connectivity index (χ0) is 15.0. The number of likely N-dealkylation sites (tertiary alicyclic amines) is 1. The Morgan fingerprint density at radius 2 is 2.05 bits per heavy atom. The molecule has 0 aliphatic carbocycles. The second kappa shape index (κ2) is 8.36. The lowest BCUT2D eigenvalue weighted by Gasteiger charge is -2.27. The van der Waals surface area contributed by atoms with Crippen molar-refractivity contribution in [3.63, 3.8) is 0 Å². The van der Waals surface area contributed by atoms with Gasteiger partial charge in [0.2, 0.25) is 5.91 Å². The molecule has 1 atom stereocenters. The van der Waals surface area contributed by atoms with E-state index in [0.29, 0.717) is 13.0 Å². The molecule has 1 aliphatic heterocycles. The number of carboxylic acid groups (broad SMARTS) is 1. The number of rotatable bonds is 6. The van der Waals surface area contributed by atoms with Crippen LogP contribution in [0.2, 0.25) is 0 Å². The van der Waals surface area contributed by atoms with Crippen molar-refractivity contribution in [2.24, 2.45) is 5.73 Å². The Morgan fingerprint density at radius 1 is 1.30 bits per heavy atom. The number of aliphatic carboxylic acids is 1. The first kappa shape index (κ1) is 16.2. The highest BCUT2D eigenvalue weighted by atomic mass is 16.5. The number of amides is 3. The molecule has 4 N–H and O–H groups in total. The van der Waals surface area contributed by atoms with Gasteiger partial charge in [0, 0.05) is 13.1 Å². The summed E-state index contributed by atoms with van der Waals surface area (Å²) >= 11 is 0. The van der Waals surface area contributed by atoms with Crippen LogP contribution in [0, 0.1) is 0 Å². The number of carbonyl (C=O) groups is 3. The van der Waals surface area contributed by atoms with Gasteiger partial charge in [-0.15, -0.1) is 0 Å². The lowest BCUT2D eigenvalue weighted by Crippen LogP contribution is -2.49. The number of ether oxygens (including phenoxy) is 1. The zero-order valence-electron chi connectivity index (χ0n) is 11.3. The maximum atomic E-state index is 12.0. The highest BCUT2D eigenvalue weighted by molar-refractivity contribution is 5.82. The minimum absolute atomic E-state index is 0.153. The minimum atomic E-state index is -0.980. The molecule has 1 rings (SSSR count). The predicted molar refractivity (Wildman–Crippen MR) is 70.0 cm³/mol. The van der Waals surface area contributed by atoms with E-state index in [4.69, 9.17) is 15.6 Å². The molecule has 114 valence electrons. The zero-order valence-corrected chi connectivity index (χ0v) is 11.3. The van der Waals surface area contributed by atoms with Crippen molar-refractivity contribution in [2.75, 3.05) is 26.3 Å². The Labute approximate surface area is 117 Å². The molecule has 1 saturated heterocycles. The number of nitrogens with one attached hydrogen (secondary N) is 1. The molecule has 0 aromatic rings. The van der Waals surface area contributed by atoms with Crippen LogP contribution in [0.1, 0.15) is 25.7 Å². The van der Waals surface area contributed by atoms with Crippen molar-refractivity contribution in [3.05, 3.63) is 0 Å². The van der Waals surface area contributed by atoms with Gasteiger partial charge < -0.3 is 25.8 Å². The average Bonchev–Trinajstić information content (AvgIpc) is 2.63. The van der Waals surface area contributed by atoms with Gasteiger partial charge in [0.1, 0.15) is 12.6 Å². The van der Waals surface area contributed by atoms with Gasteiger partial charge >= 0.3 is 12.0 Å². The third-order valence-corrected chi connectivity index (χ3v) is 3.07. The fraction of sp³-hybridized carbons (Fsp3) is 0.750. The summed E-state index contributed by atoms with van der Waals surface area (Å²) in [5, 5.41) is 11.7. The molecule has 0 spiro atoms. The lowest BCUT2D eigenvalue weighted by atomic mass is 10.1. The summed E-state index contributed by atoms with van der Waals surface area (Å²) in [5.41, 5.74) is 4.90. The highest BCUT2D eigenvalue weighted by Crippen LogP contribution is 2.17. The van der Waals surface area contributed by atoms with Crippen LogP contribution in [0.5, 0.6) is 0 Å². The molecule has 1 aliphatic rings. The van der Waals surface area contributed by atoms with Gasteiger partial charge in [-0.25, -0.2) is 9.59 Å². The molecule has 0 radical (unpaired) electrons. The molecule has 0 saturated carbocycles. The van der Waals surface area contributed by atoms with Crippen molar-refractivity contribution >= 4 is 17.9 Å². The second-order valence-electron chi connectivity index (χ2n) is 4.65. The van der Waals surface area contributed by atoms with E-state index in [-0.39, 0.29) is 19.8 Å². The summed E-state index contributed by atoms with van der Waals surface area (Å²) in [7, 11) is 0. The molecule has 3 amide bonds. The van der Waals surface area contributed by atoms with Crippen molar-refractivity contribution in [1.29, 1.82) is 0 Å². The Morgan fingerprint density at radius 3 is 2.70 bits per heavy atom. The summed E-state index contributed by atoms with van der Waals surface area (Å²) in [4.78, 5) is 34.9. The molecule has 0 aromatic carbocycles. The van der Waals surface area contributed by atoms with Gasteiger partial charge in [-0.05, 0) is 12.8 Å². The van der Waals surface area contributed by atoms with Crippen LogP contribution < -0.4 is 11.1 Å². The number of nitrogens with two attached hydrogens (primary N) is 1. The number of carbonyl (C=O) groups excluding carboxylic acids is 2. The molecular weight excluding hydrogens is 266 g/mol. The van der Waals surface area contributed by atoms with Gasteiger partial charge in [-0.1, -0.05) is 12.8 Å². The number of hydrogen-bond acceptors (Lipinski definition) is 4. The maximum Gasteiger partial charge on any atom is 0.326 e. The van der Waals surface area contributed by atoms with Crippen LogP contribution in [0.15, 0.2) is 0 Å². The van der Waals surface area contributed by atoms with E-state index >= 15 is 0 Å². The molecule has 0 bridgehead atoms. The number of primary amides is 1. The maximum absolute atomic E-state index is 12.0. The number of nitrogens with zero attached hydrogens (tertiary/aromatic N) is 1. The van der Waals surface area contributed by atoms with E-state index in [1.54, 1.807) is 0 Å². The Kier molecular flexibility index (Phi) is 6.78. The lowest BCUT2D eigenvalue weighted by molar-refractivity contribution is -0.142. The number of hydrogen-bond donors (Lipinski definition) is 3. The van der Waals surface area contributed by atoms with Gasteiger partial charge in [-0.3, -0.25) is 4.79 Å². The van der Waals surface area contributed by atoms with E-state index in [1.807, 2.05) is 0 Å². The molecule has 0 aromatic heterocycles. The molecule has 1 heterocycles. The average molecular weight is 287 g/mol. The third kappa shape index (κ3) is 5.43. The van der Waals surface area contributed by atoms with Crippen molar-refractivity contribution in [3.8, 4) is 0 Å². The molecule has 8 heteroatoms. The Balaban J connectivity index is 2.38. The first-order valence-corrected chi connectivity index (χ1v) is 6.65. The van der Waals surface area contributed by atoms with E-state index < -0.39 is 23.9 Å². The van der Waals surface area contributed by atoms with Gasteiger partial charge in [0.25, 0.3) is 0 Å². The van der Waals surface area contributed by atoms with E-state index in [2.05, 4.69) is 5.32 Å². The predicted octanol–water partition coefficient (Wildman–Crippen LogP) is -0.473. The van der Waals surface area contributed by atoms with Gasteiger partial charge in [0.05, 0.1) is 6.61 Å². The van der Waals surface area contributed by atoms with E-state index in [1.165, 1.54) is 4.90 Å². The van der Waals surface area contributed by atoms with E-state index in [9.17, 15) is 14.4 Å². The molecule has 20 heavy (non-hydrogen) atoms. The molecule has 8 nitrogen and oxygen atoms in total. The SMILES string of the molecule is NC(=O)COCCNC(=O)N1CCCCCC1C(=O)O. The normalized spacial score (nSPS) is 19.2. The Hall–Kier alpha value is -1.83. The fourth-order valence-electron chi connectivity index (χ4n) is 2.11. The first-order chi connectivity index (χ1) is 9.52. The van der Waals surface area contributed by atoms with Crippen LogP contribution in [-0.4, -0.2) is 60.3 Å². The standard InChI is InChI=1S/C12H21N3O5/c13-10(16)8-20-7-5-14-12(19)15-6-3-1-2-4-9(15)11(17)18/h9H,1-8H2,(H2,13,16)(H,14,19)(H,17,18). The molecular formula is C12H21N3O5. The summed E-state index contributed by atoms with van der Waals surface area (Å²) in [6.07, 6.45) is 3.01. The third-order valence-electron chi connectivity index (χ3n) is 3.07. The van der Waals surface area contributed by atoms with Gasteiger partial charge in [0.15, 0.2) is 0 Å². The van der Waals surface area contributed by atoms with Crippen LogP contribution in [0.4, 0.5) is 4.79 Å². The van der Waals surface area contributed by atoms with Crippen LogP contribution in [0.3, 0.4) is 0 Å². The minimum Gasteiger partial charge on any atom is -0.480 e. The summed E-state index contributed by atoms with van der Waals surface area (Å²) in [6, 6.07) is -1.19. The van der Waals surface area contributed by atoms with E-state index in [0.717, 1.165) is 19.3 Å². The summed E-state index contributed by atoms with van der Waals surface area (Å²) in [6.45, 7) is 0.595. The quantitative estimate of drug-likeness (QED) is 0.570. The molecule has 1 fully saturated rings.